The molecule has 0 unspecified atom stereocenters. The predicted molar refractivity (Wildman–Crippen MR) is 308 cm³/mol. The van der Waals surface area contributed by atoms with Gasteiger partial charge in [0.2, 0.25) is 65.0 Å². The van der Waals surface area contributed by atoms with Gasteiger partial charge in [0.15, 0.2) is 0 Å². The van der Waals surface area contributed by atoms with Crippen LogP contribution in [0.4, 0.5) is 0 Å². The summed E-state index contributed by atoms with van der Waals surface area (Å²) in [5.41, 5.74) is 12.8. The average Bonchev–Trinajstić information content (AvgIpc) is 4.13. The first kappa shape index (κ1) is 70.6. The molecule has 29 nitrogen and oxygen atoms in total. The van der Waals surface area contributed by atoms with Crippen LogP contribution >= 0.6 is 0 Å². The van der Waals surface area contributed by atoms with Gasteiger partial charge in [-0.05, 0) is 80.2 Å². The number of para-hydroxylation sites is 1. The van der Waals surface area contributed by atoms with Gasteiger partial charge in [0, 0.05) is 29.9 Å². The molecule has 29 heteroatoms. The number of hydrogen-bond donors (Lipinski definition) is 17. The zero-order chi connectivity index (χ0) is 63.8. The van der Waals surface area contributed by atoms with E-state index in [-0.39, 0.29) is 55.6 Å². The van der Waals surface area contributed by atoms with E-state index in [2.05, 4.69) is 58.2 Å². The summed E-state index contributed by atoms with van der Waals surface area (Å²) in [6, 6.07) is -0.661. The molecule has 3 aromatic rings. The number of aromatic hydroxyl groups is 1. The summed E-state index contributed by atoms with van der Waals surface area (Å²) >= 11 is 0. The van der Waals surface area contributed by atoms with Gasteiger partial charge in [-0.15, -0.1) is 0 Å². The number of nitrogens with one attached hydrogen (secondary N) is 11. The Balaban J connectivity index is 1.71. The van der Waals surface area contributed by atoms with E-state index in [0.29, 0.717) is 11.1 Å². The molecule has 1 heterocycles. The lowest BCUT2D eigenvalue weighted by Crippen LogP contribution is -2.62. The Morgan fingerprint density at radius 2 is 1.00 bits per heavy atom. The first-order valence-electron chi connectivity index (χ1n) is 27.7. The second kappa shape index (κ2) is 34.2. The molecule has 0 radical (unpaired) electrons. The van der Waals surface area contributed by atoms with Crippen molar-refractivity contribution in [2.75, 3.05) is 19.7 Å². The molecule has 0 saturated heterocycles. The number of aromatic nitrogens is 1. The molecule has 0 spiro atoms. The first-order valence-corrected chi connectivity index (χ1v) is 27.7. The normalized spacial score (nSPS) is 14.8. The van der Waals surface area contributed by atoms with Gasteiger partial charge in [0.25, 0.3) is 0 Å². The van der Waals surface area contributed by atoms with Gasteiger partial charge in [-0.2, -0.15) is 0 Å². The molecule has 0 aliphatic carbocycles. The number of aliphatic hydroxyl groups excluding tert-OH is 2. The van der Waals surface area contributed by atoms with Gasteiger partial charge in [-0.1, -0.05) is 71.9 Å². The Morgan fingerprint density at radius 1 is 0.529 bits per heavy atom. The molecule has 85 heavy (non-hydrogen) atoms. The lowest BCUT2D eigenvalue weighted by Gasteiger charge is -2.28. The monoisotopic (exact) mass is 1190 g/mol. The van der Waals surface area contributed by atoms with Crippen molar-refractivity contribution in [3.63, 3.8) is 0 Å². The van der Waals surface area contributed by atoms with Gasteiger partial charge in [-0.3, -0.25) is 52.7 Å². The van der Waals surface area contributed by atoms with Crippen LogP contribution in [-0.4, -0.2) is 177 Å². The predicted octanol–water partition coefficient (Wildman–Crippen LogP) is -3.41. The number of carbonyl (C=O) groups excluding carboxylic acids is 11. The Morgan fingerprint density at radius 3 is 1.54 bits per heavy atom. The molecule has 10 atom stereocenters. The minimum absolute atomic E-state index is 0.0626. The van der Waals surface area contributed by atoms with E-state index in [1.165, 1.54) is 38.1 Å². The van der Waals surface area contributed by atoms with Gasteiger partial charge in [0.05, 0.1) is 32.2 Å². The molecule has 19 N–H and O–H groups in total. The molecular formula is C56H83N13O16. The number of aliphatic hydroxyl groups is 2. The molecule has 0 bridgehead atoms. The zero-order valence-corrected chi connectivity index (χ0v) is 48.9. The maximum absolute atomic E-state index is 13.9. The number of carboxylic acids is 1. The summed E-state index contributed by atoms with van der Waals surface area (Å²) in [4.78, 5) is 162. The van der Waals surface area contributed by atoms with Crippen LogP contribution < -0.4 is 64.6 Å². The van der Waals surface area contributed by atoms with Crippen LogP contribution in [-0.2, 0) is 70.4 Å². The highest BCUT2D eigenvalue weighted by Gasteiger charge is 2.36. The van der Waals surface area contributed by atoms with Crippen molar-refractivity contribution in [3.8, 4) is 5.75 Å². The summed E-state index contributed by atoms with van der Waals surface area (Å²) in [5, 5.41) is 65.3. The number of benzene rings is 2. The second-order valence-electron chi connectivity index (χ2n) is 21.9. The van der Waals surface area contributed by atoms with Crippen LogP contribution in [0.5, 0.6) is 5.75 Å². The minimum atomic E-state index is -1.83. The number of aromatic amines is 1. The molecule has 0 aliphatic heterocycles. The fraction of sp³-hybridized carbons (Fsp3) is 0.536. The number of hydrogen-bond acceptors (Lipinski definition) is 16. The summed E-state index contributed by atoms with van der Waals surface area (Å²) in [6.45, 7) is 10.5. The third-order valence-electron chi connectivity index (χ3n) is 13.1. The number of H-pyrrole nitrogens is 1. The number of rotatable bonds is 35. The zero-order valence-electron chi connectivity index (χ0n) is 48.9. The highest BCUT2D eigenvalue weighted by Crippen LogP contribution is 2.20. The highest BCUT2D eigenvalue weighted by atomic mass is 16.4. The third kappa shape index (κ3) is 23.8. The molecule has 0 aliphatic rings. The van der Waals surface area contributed by atoms with Crippen molar-refractivity contribution >= 4 is 81.9 Å². The number of carbonyl (C=O) groups is 12. The molecule has 11 amide bonds. The van der Waals surface area contributed by atoms with Gasteiger partial charge < -0.3 is 90.0 Å². The summed E-state index contributed by atoms with van der Waals surface area (Å²) in [6.07, 6.45) is -0.938. The second-order valence-corrected chi connectivity index (χ2v) is 21.9. The van der Waals surface area contributed by atoms with E-state index in [1.807, 2.05) is 0 Å². The van der Waals surface area contributed by atoms with Crippen LogP contribution in [0.2, 0.25) is 0 Å². The molecular weight excluding hydrogens is 1110 g/mol. The topological polar surface area (TPSA) is 474 Å². The SMILES string of the molecule is CC(C)C[C@H](NC(=O)[C@H](CC(C)C)NC(=O)[C@H](Cc1ccc(O)cc1)NC(=O)CNC(=O)[C@H](C)NC(=O)[C@H](CO)NC(=O)[C@H](CC(N)=O)NC(=O)[C@H](CC(C)C)NC(=O)[C@@H](NC(=O)[C@H](Cc1c[nH]c2ccccc12)NC(=O)CN)[C@@H](C)O)C(=O)O. The Bertz CT molecular complexity index is 2820. The standard InChI is InChI=1S/C56H83N13O16/c1-27(2)17-37(50(78)67-42(56(84)85)19-29(5)6)64-51(79)39(20-32-13-15-34(72)16-14-32)63-46(75)25-60-48(76)30(7)61-54(82)43(26-70)68-52(80)41(22-44(58)73)65-49(77)38(18-28(3)4)66-55(83)47(31(8)71)69-53(81)40(62-45(74)23-57)21-33-24-59-36-12-10-9-11-35(33)36/h9-16,24,27-31,37-43,47,59,70-72H,17-23,25-26,57H2,1-8H3,(H2,58,73)(H,60,76)(H,61,82)(H,62,74)(H,63,75)(H,64,79)(H,65,77)(H,66,83)(H,67,78)(H,68,80)(H,69,81)(H,84,85)/t30-,31+,37-,38-,39-,40-,41-,42-,43-,47-/m0/s1. The minimum Gasteiger partial charge on any atom is -0.508 e. The number of aliphatic carboxylic acids is 1. The Labute approximate surface area is 491 Å². The fourth-order valence-corrected chi connectivity index (χ4v) is 8.72. The molecule has 0 fully saturated rings. The number of nitrogens with two attached hydrogens (primary N) is 2. The number of amides is 11. The lowest BCUT2D eigenvalue weighted by atomic mass is 9.99. The van der Waals surface area contributed by atoms with Crippen molar-refractivity contribution in [2.24, 2.45) is 29.2 Å². The number of phenolic OH excluding ortho intramolecular Hbond substituents is 1. The Kier molecular flexibility index (Phi) is 28.4. The van der Waals surface area contributed by atoms with Crippen LogP contribution in [0.3, 0.4) is 0 Å². The van der Waals surface area contributed by atoms with E-state index in [1.54, 1.807) is 72.0 Å². The van der Waals surface area contributed by atoms with Gasteiger partial charge >= 0.3 is 5.97 Å². The van der Waals surface area contributed by atoms with Crippen molar-refractivity contribution in [1.29, 1.82) is 0 Å². The molecule has 468 valence electrons. The van der Waals surface area contributed by atoms with Crippen LogP contribution in [0, 0.1) is 17.8 Å². The van der Waals surface area contributed by atoms with Crippen molar-refractivity contribution in [2.45, 2.75) is 154 Å². The van der Waals surface area contributed by atoms with E-state index in [9.17, 15) is 78.0 Å². The molecule has 2 aromatic carbocycles. The van der Waals surface area contributed by atoms with E-state index in [0.717, 1.165) is 10.9 Å². The average molecular weight is 1190 g/mol. The maximum atomic E-state index is 13.9. The number of carboxylic acid groups (broad SMARTS) is 1. The number of fused-ring (bicyclic) bond motifs is 1. The number of phenols is 1. The lowest BCUT2D eigenvalue weighted by molar-refractivity contribution is -0.143. The highest BCUT2D eigenvalue weighted by molar-refractivity contribution is 5.99. The van der Waals surface area contributed by atoms with Crippen LogP contribution in [0.1, 0.15) is 92.2 Å². The molecule has 1 aromatic heterocycles. The van der Waals surface area contributed by atoms with Crippen molar-refractivity contribution < 1.29 is 78.0 Å². The van der Waals surface area contributed by atoms with E-state index >= 15 is 0 Å². The molecule has 3 rings (SSSR count). The summed E-state index contributed by atoms with van der Waals surface area (Å²) < 4.78 is 0. The first-order chi connectivity index (χ1) is 39.9. The van der Waals surface area contributed by atoms with Crippen molar-refractivity contribution in [1.82, 2.24) is 58.2 Å². The third-order valence-corrected chi connectivity index (χ3v) is 13.1. The Hall–Kier alpha value is -8.70. The fourth-order valence-electron chi connectivity index (χ4n) is 8.72. The number of primary amides is 1. The van der Waals surface area contributed by atoms with Crippen LogP contribution in [0.15, 0.2) is 54.7 Å². The van der Waals surface area contributed by atoms with Gasteiger partial charge in [-0.25, -0.2) is 4.79 Å². The maximum Gasteiger partial charge on any atom is 0.326 e. The van der Waals surface area contributed by atoms with Gasteiger partial charge in [0.1, 0.15) is 60.1 Å². The quantitative estimate of drug-likeness (QED) is 0.0273. The van der Waals surface area contributed by atoms with E-state index in [4.69, 9.17) is 11.5 Å². The van der Waals surface area contributed by atoms with Crippen LogP contribution in [0.25, 0.3) is 10.9 Å². The largest absolute Gasteiger partial charge is 0.508 e. The summed E-state index contributed by atoms with van der Waals surface area (Å²) in [5.74, 6) is -12.6. The van der Waals surface area contributed by atoms with E-state index < -0.39 is 158 Å². The smallest absolute Gasteiger partial charge is 0.326 e. The summed E-state index contributed by atoms with van der Waals surface area (Å²) in [7, 11) is 0. The van der Waals surface area contributed by atoms with Crippen molar-refractivity contribution in [3.05, 3.63) is 65.9 Å². The molecule has 0 saturated carbocycles.